The second kappa shape index (κ2) is 7.92. The highest BCUT2D eigenvalue weighted by Crippen LogP contribution is 2.30. The number of aldehydes is 1. The number of benzene rings is 1. The topological polar surface area (TPSA) is 55.5 Å². The maximum Gasteiger partial charge on any atom is 0.152 e. The van der Waals surface area contributed by atoms with Crippen molar-refractivity contribution in [3.05, 3.63) is 48.7 Å². The van der Waals surface area contributed by atoms with Crippen molar-refractivity contribution in [2.75, 3.05) is 47.4 Å². The van der Waals surface area contributed by atoms with Crippen LogP contribution in [0.1, 0.15) is 13.8 Å². The molecule has 1 N–H and O–H groups in total. The van der Waals surface area contributed by atoms with Crippen LogP contribution in [0.3, 0.4) is 0 Å². The molecule has 3 aromatic rings. The Morgan fingerprint density at radius 2 is 2.00 bits per heavy atom. The third kappa shape index (κ3) is 3.30. The predicted octanol–water partition coefficient (Wildman–Crippen LogP) is 3.30. The lowest BCUT2D eigenvalue weighted by Crippen LogP contribution is -2.54. The quantitative estimate of drug-likeness (QED) is 0.668. The third-order valence-electron chi connectivity index (χ3n) is 5.57. The fraction of sp³-hybridized carbons (Fsp3) is 0.364. The van der Waals surface area contributed by atoms with E-state index in [1.54, 1.807) is 0 Å². The van der Waals surface area contributed by atoms with Gasteiger partial charge in [-0.2, -0.15) is 0 Å². The molecule has 146 valence electrons. The number of hydrogen-bond donors (Lipinski definition) is 1. The van der Waals surface area contributed by atoms with Crippen LogP contribution in [-0.2, 0) is 4.79 Å². The zero-order chi connectivity index (χ0) is 19.5. The van der Waals surface area contributed by atoms with Gasteiger partial charge in [-0.1, -0.05) is 18.2 Å². The van der Waals surface area contributed by atoms with Crippen LogP contribution in [0, 0.1) is 0 Å². The average molecular weight is 377 g/mol. The van der Waals surface area contributed by atoms with Crippen LogP contribution in [0.2, 0.25) is 0 Å². The number of para-hydroxylation sites is 1. The fourth-order valence-electron chi connectivity index (χ4n) is 4.07. The Balaban J connectivity index is 1.60. The molecule has 1 unspecified atom stereocenters. The van der Waals surface area contributed by atoms with Gasteiger partial charge in [0.25, 0.3) is 0 Å². The molecule has 1 atom stereocenters. The summed E-state index contributed by atoms with van der Waals surface area (Å²) in [5.74, 6) is 1.97. The van der Waals surface area contributed by atoms with E-state index in [0.29, 0.717) is 6.54 Å². The summed E-state index contributed by atoms with van der Waals surface area (Å²) in [4.78, 5) is 26.8. The Morgan fingerprint density at radius 3 is 2.75 bits per heavy atom. The minimum atomic E-state index is -0.214. The molecule has 1 aliphatic heterocycles. The van der Waals surface area contributed by atoms with Gasteiger partial charge in [-0.15, -0.1) is 0 Å². The number of fused-ring (bicyclic) bond motifs is 1. The van der Waals surface area contributed by atoms with Crippen LogP contribution in [0.5, 0.6) is 0 Å². The predicted molar refractivity (Wildman–Crippen MR) is 116 cm³/mol. The van der Waals surface area contributed by atoms with Crippen molar-refractivity contribution in [1.82, 2.24) is 9.97 Å². The van der Waals surface area contributed by atoms with Gasteiger partial charge < -0.3 is 24.5 Å². The van der Waals surface area contributed by atoms with Gasteiger partial charge in [-0.3, -0.25) is 0 Å². The van der Waals surface area contributed by atoms with E-state index in [1.165, 1.54) is 0 Å². The number of carbonyl (C=O) groups is 1. The Labute approximate surface area is 165 Å². The van der Waals surface area contributed by atoms with Crippen molar-refractivity contribution in [1.29, 1.82) is 0 Å². The van der Waals surface area contributed by atoms with Gasteiger partial charge in [-0.25, -0.2) is 4.98 Å². The van der Waals surface area contributed by atoms with Crippen molar-refractivity contribution in [2.45, 2.75) is 19.9 Å². The van der Waals surface area contributed by atoms with Gasteiger partial charge >= 0.3 is 0 Å². The van der Waals surface area contributed by atoms with Crippen LogP contribution >= 0.6 is 0 Å². The van der Waals surface area contributed by atoms with Crippen LogP contribution in [0.15, 0.2) is 48.7 Å². The number of H-pyrrole nitrogens is 1. The molecular weight excluding hydrogens is 350 g/mol. The van der Waals surface area contributed by atoms with Crippen LogP contribution < -0.4 is 14.7 Å². The number of nitrogens with one attached hydrogen (secondary N) is 1. The highest BCUT2D eigenvalue weighted by molar-refractivity contribution is 5.85. The van der Waals surface area contributed by atoms with Crippen molar-refractivity contribution < 1.29 is 4.79 Å². The number of piperazine rings is 1. The minimum Gasteiger partial charge on any atom is -0.369 e. The molecular formula is C22H27N5O. The molecule has 6 heteroatoms. The molecule has 1 aromatic carbocycles. The van der Waals surface area contributed by atoms with E-state index in [9.17, 15) is 4.79 Å². The molecule has 1 fully saturated rings. The van der Waals surface area contributed by atoms with Crippen molar-refractivity contribution in [3.63, 3.8) is 0 Å². The van der Waals surface area contributed by atoms with Crippen molar-refractivity contribution in [3.8, 4) is 0 Å². The van der Waals surface area contributed by atoms with E-state index in [2.05, 4.69) is 62.8 Å². The molecule has 0 bridgehead atoms. The molecule has 1 saturated heterocycles. The van der Waals surface area contributed by atoms with E-state index in [4.69, 9.17) is 0 Å². The minimum absolute atomic E-state index is 0.214. The summed E-state index contributed by atoms with van der Waals surface area (Å²) in [5, 5.41) is 1.16. The fourth-order valence-corrected chi connectivity index (χ4v) is 4.07. The second-order valence-electron chi connectivity index (χ2n) is 7.10. The van der Waals surface area contributed by atoms with Gasteiger partial charge in [0.1, 0.15) is 18.1 Å². The number of anilines is 3. The molecule has 6 nitrogen and oxygen atoms in total. The van der Waals surface area contributed by atoms with Crippen LogP contribution in [0.25, 0.3) is 10.9 Å². The maximum absolute atomic E-state index is 12.0. The summed E-state index contributed by atoms with van der Waals surface area (Å²) < 4.78 is 0. The summed E-state index contributed by atoms with van der Waals surface area (Å²) in [5.41, 5.74) is 2.23. The molecule has 0 aliphatic carbocycles. The van der Waals surface area contributed by atoms with Crippen LogP contribution in [-0.4, -0.2) is 55.0 Å². The Hall–Kier alpha value is -3.02. The number of carbonyl (C=O) groups excluding carboxylic acids is 1. The average Bonchev–Trinajstić information content (AvgIpc) is 3.18. The van der Waals surface area contributed by atoms with Gasteiger partial charge in [0.2, 0.25) is 0 Å². The van der Waals surface area contributed by atoms with Gasteiger partial charge in [0.05, 0.1) is 5.69 Å². The molecule has 3 heterocycles. The molecule has 2 aromatic heterocycles. The van der Waals surface area contributed by atoms with E-state index in [0.717, 1.165) is 60.7 Å². The molecule has 0 amide bonds. The zero-order valence-electron chi connectivity index (χ0n) is 16.5. The summed E-state index contributed by atoms with van der Waals surface area (Å²) in [6.07, 6.45) is 2.89. The lowest BCUT2D eigenvalue weighted by Gasteiger charge is -2.41. The van der Waals surface area contributed by atoms with Crippen LogP contribution in [0.4, 0.5) is 17.3 Å². The highest BCUT2D eigenvalue weighted by atomic mass is 16.1. The van der Waals surface area contributed by atoms with E-state index in [-0.39, 0.29) is 6.04 Å². The van der Waals surface area contributed by atoms with Gasteiger partial charge in [0.15, 0.2) is 5.82 Å². The summed E-state index contributed by atoms with van der Waals surface area (Å²) in [6, 6.07) is 14.2. The van der Waals surface area contributed by atoms with E-state index in [1.807, 2.05) is 24.4 Å². The SMILES string of the molecule is CCN(CC)c1cccnc1N1CCN(c2cc3ccccc3[nH]2)C(C=O)C1. The number of hydrogen-bond acceptors (Lipinski definition) is 5. The number of aromatic nitrogens is 2. The summed E-state index contributed by atoms with van der Waals surface area (Å²) in [7, 11) is 0. The highest BCUT2D eigenvalue weighted by Gasteiger charge is 2.30. The standard InChI is InChI=1S/C22H27N5O/c1-3-25(4-2)20-10-7-11-23-22(20)26-12-13-27(18(15-26)16-28)21-14-17-8-5-6-9-19(17)24-21/h5-11,14,16,18,24H,3-4,12-13,15H2,1-2H3. The Kier molecular flexibility index (Phi) is 5.19. The first kappa shape index (κ1) is 18.3. The first-order valence-corrected chi connectivity index (χ1v) is 9.99. The monoisotopic (exact) mass is 377 g/mol. The third-order valence-corrected chi connectivity index (χ3v) is 5.57. The van der Waals surface area contributed by atoms with Crippen molar-refractivity contribution >= 4 is 34.5 Å². The Morgan fingerprint density at radius 1 is 1.18 bits per heavy atom. The first-order chi connectivity index (χ1) is 13.7. The summed E-state index contributed by atoms with van der Waals surface area (Å²) in [6.45, 7) is 8.40. The maximum atomic E-state index is 12.0. The molecule has 1 aliphatic rings. The lowest BCUT2D eigenvalue weighted by molar-refractivity contribution is -0.109. The largest absolute Gasteiger partial charge is 0.369 e. The number of aromatic amines is 1. The number of pyridine rings is 1. The van der Waals surface area contributed by atoms with Gasteiger partial charge in [0, 0.05) is 49.8 Å². The van der Waals surface area contributed by atoms with Crippen molar-refractivity contribution in [2.24, 2.45) is 0 Å². The molecule has 28 heavy (non-hydrogen) atoms. The van der Waals surface area contributed by atoms with E-state index < -0.39 is 0 Å². The second-order valence-corrected chi connectivity index (χ2v) is 7.10. The Bertz CT molecular complexity index is 916. The zero-order valence-corrected chi connectivity index (χ0v) is 16.5. The number of rotatable bonds is 6. The normalized spacial score (nSPS) is 17.1. The molecule has 0 spiro atoms. The molecule has 4 rings (SSSR count). The molecule has 0 saturated carbocycles. The number of nitrogens with zero attached hydrogens (tertiary/aromatic N) is 4. The first-order valence-electron chi connectivity index (χ1n) is 9.99. The lowest BCUT2D eigenvalue weighted by atomic mass is 10.1. The van der Waals surface area contributed by atoms with E-state index >= 15 is 0 Å². The smallest absolute Gasteiger partial charge is 0.152 e. The summed E-state index contributed by atoms with van der Waals surface area (Å²) >= 11 is 0. The van der Waals surface area contributed by atoms with Gasteiger partial charge in [-0.05, 0) is 38.1 Å². The molecule has 0 radical (unpaired) electrons.